The van der Waals surface area contributed by atoms with Gasteiger partial charge in [-0.2, -0.15) is 5.10 Å². The van der Waals surface area contributed by atoms with E-state index in [1.807, 2.05) is 36.6 Å². The molecule has 0 radical (unpaired) electrons. The average molecular weight is 327 g/mol. The Balaban J connectivity index is 1.77. The van der Waals surface area contributed by atoms with E-state index in [0.29, 0.717) is 5.11 Å². The Labute approximate surface area is 137 Å². The number of aromatic nitrogens is 2. The number of hydrazone groups is 1. The number of benzene rings is 1. The van der Waals surface area contributed by atoms with Crippen molar-refractivity contribution in [1.82, 2.24) is 15.4 Å². The molecule has 2 N–H and O–H groups in total. The monoisotopic (exact) mass is 327 g/mol. The second-order valence-corrected chi connectivity index (χ2v) is 5.78. The van der Waals surface area contributed by atoms with Gasteiger partial charge in [0.25, 0.3) is 0 Å². The molecular weight excluding hydrogens is 314 g/mol. The van der Waals surface area contributed by atoms with Gasteiger partial charge < -0.3 is 5.32 Å². The zero-order valence-corrected chi connectivity index (χ0v) is 13.4. The van der Waals surface area contributed by atoms with Crippen molar-refractivity contribution in [3.8, 4) is 0 Å². The van der Waals surface area contributed by atoms with E-state index in [9.17, 15) is 0 Å². The van der Waals surface area contributed by atoms with Gasteiger partial charge in [-0.1, -0.05) is 24.3 Å². The van der Waals surface area contributed by atoms with Gasteiger partial charge >= 0.3 is 0 Å². The van der Waals surface area contributed by atoms with Crippen LogP contribution in [0.4, 0.5) is 5.13 Å². The summed E-state index contributed by atoms with van der Waals surface area (Å²) in [6.07, 6.45) is 3.49. The maximum absolute atomic E-state index is 5.18. The van der Waals surface area contributed by atoms with Crippen molar-refractivity contribution in [2.75, 3.05) is 5.32 Å². The quantitative estimate of drug-likeness (QED) is 0.438. The minimum atomic E-state index is 0.398. The summed E-state index contributed by atoms with van der Waals surface area (Å²) in [5.74, 6) is 0. The lowest BCUT2D eigenvalue weighted by atomic mass is 10.1. The third kappa shape index (κ3) is 3.26. The lowest BCUT2D eigenvalue weighted by molar-refractivity contribution is 1.03. The molecule has 0 fully saturated rings. The number of thiocarbonyl (C=S) groups is 1. The van der Waals surface area contributed by atoms with Crippen LogP contribution in [0.25, 0.3) is 10.8 Å². The smallest absolute Gasteiger partial charge is 0.193 e. The normalized spacial score (nSPS) is 11.4. The molecule has 0 atom stereocenters. The molecule has 1 aromatic carbocycles. The molecule has 0 aliphatic rings. The van der Waals surface area contributed by atoms with E-state index < -0.39 is 0 Å². The second-order valence-electron chi connectivity index (χ2n) is 4.48. The molecule has 0 spiro atoms. The maximum Gasteiger partial charge on any atom is 0.193 e. The van der Waals surface area contributed by atoms with Crippen molar-refractivity contribution < 1.29 is 0 Å². The minimum absolute atomic E-state index is 0.398. The summed E-state index contributed by atoms with van der Waals surface area (Å²) in [7, 11) is 0. The third-order valence-corrected chi connectivity index (χ3v) is 3.88. The molecule has 22 heavy (non-hydrogen) atoms. The Bertz CT molecular complexity index is 822. The largest absolute Gasteiger partial charge is 0.307 e. The highest BCUT2D eigenvalue weighted by atomic mass is 32.1. The molecule has 7 heteroatoms. The first-order chi connectivity index (χ1) is 10.7. The number of anilines is 1. The number of thiazole rings is 1. The number of rotatable bonds is 3. The Hall–Kier alpha value is -2.38. The molecule has 3 aromatic rings. The number of hydrogen-bond donors (Lipinski definition) is 2. The fraction of sp³-hybridized carbons (Fsp3) is 0.0667. The van der Waals surface area contributed by atoms with E-state index in [-0.39, 0.29) is 0 Å². The third-order valence-electron chi connectivity index (χ3n) is 2.99. The lowest BCUT2D eigenvalue weighted by Crippen LogP contribution is -2.25. The summed E-state index contributed by atoms with van der Waals surface area (Å²) >= 11 is 6.66. The van der Waals surface area contributed by atoms with Crippen molar-refractivity contribution in [3.63, 3.8) is 0 Å². The standard InChI is InChI=1S/C15H13N5S2/c1-10(19-20-14(21)18-15-17-8-9-22-15)13-12-5-3-2-4-11(12)6-7-16-13/h2-9H,1H3,(H2,17,18,20,21). The number of hydrogen-bond acceptors (Lipinski definition) is 5. The van der Waals surface area contributed by atoms with Crippen LogP contribution in [0.3, 0.4) is 0 Å². The number of fused-ring (bicyclic) bond motifs is 1. The zero-order chi connectivity index (χ0) is 15.4. The topological polar surface area (TPSA) is 62.2 Å². The van der Waals surface area contributed by atoms with Gasteiger partial charge in [0.15, 0.2) is 10.2 Å². The van der Waals surface area contributed by atoms with E-state index in [0.717, 1.165) is 27.3 Å². The summed E-state index contributed by atoms with van der Waals surface area (Å²) in [5, 5.41) is 12.5. The van der Waals surface area contributed by atoms with Crippen LogP contribution in [0.15, 0.2) is 53.2 Å². The highest BCUT2D eigenvalue weighted by molar-refractivity contribution is 7.80. The van der Waals surface area contributed by atoms with Crippen molar-refractivity contribution >= 4 is 50.3 Å². The predicted octanol–water partition coefficient (Wildman–Crippen LogP) is 3.40. The van der Waals surface area contributed by atoms with Crippen LogP contribution in [0.1, 0.15) is 12.6 Å². The van der Waals surface area contributed by atoms with Gasteiger partial charge in [0, 0.05) is 23.2 Å². The van der Waals surface area contributed by atoms with Gasteiger partial charge in [-0.05, 0) is 30.6 Å². The van der Waals surface area contributed by atoms with Crippen LogP contribution >= 0.6 is 23.6 Å². The highest BCUT2D eigenvalue weighted by Gasteiger charge is 2.05. The summed E-state index contributed by atoms with van der Waals surface area (Å²) in [5.41, 5.74) is 4.42. The van der Waals surface area contributed by atoms with E-state index in [1.54, 1.807) is 12.4 Å². The van der Waals surface area contributed by atoms with Gasteiger partial charge in [0.05, 0.1) is 11.4 Å². The average Bonchev–Trinajstić information content (AvgIpc) is 3.05. The van der Waals surface area contributed by atoms with Crippen LogP contribution in [-0.2, 0) is 0 Å². The predicted molar refractivity (Wildman–Crippen MR) is 95.4 cm³/mol. The molecule has 0 saturated heterocycles. The van der Waals surface area contributed by atoms with E-state index in [2.05, 4.69) is 31.9 Å². The van der Waals surface area contributed by atoms with Crippen LogP contribution < -0.4 is 10.7 Å². The minimum Gasteiger partial charge on any atom is -0.307 e. The summed E-state index contributed by atoms with van der Waals surface area (Å²) in [6.45, 7) is 1.90. The summed E-state index contributed by atoms with van der Waals surface area (Å²) in [4.78, 5) is 8.52. The second kappa shape index (κ2) is 6.59. The molecule has 0 unspecified atom stereocenters. The molecule has 0 bridgehead atoms. The van der Waals surface area contributed by atoms with Crippen molar-refractivity contribution in [2.24, 2.45) is 5.10 Å². The van der Waals surface area contributed by atoms with Crippen molar-refractivity contribution in [2.45, 2.75) is 6.92 Å². The van der Waals surface area contributed by atoms with Gasteiger partial charge in [0.1, 0.15) is 0 Å². The molecule has 110 valence electrons. The Morgan fingerprint density at radius 3 is 2.86 bits per heavy atom. The molecule has 0 saturated carbocycles. The van der Waals surface area contributed by atoms with Gasteiger partial charge in [-0.3, -0.25) is 10.4 Å². The fourth-order valence-corrected chi connectivity index (χ4v) is 2.75. The maximum atomic E-state index is 5.18. The van der Waals surface area contributed by atoms with Gasteiger partial charge in [0.2, 0.25) is 0 Å². The van der Waals surface area contributed by atoms with Crippen LogP contribution in [-0.4, -0.2) is 20.8 Å². The molecule has 3 rings (SSSR count). The first kappa shape index (κ1) is 14.6. The first-order valence-corrected chi connectivity index (χ1v) is 7.88. The fourth-order valence-electron chi connectivity index (χ4n) is 2.01. The Morgan fingerprint density at radius 2 is 2.05 bits per heavy atom. The SMILES string of the molecule is CC(=NNC(=S)Nc1nccs1)c1nccc2ccccc12. The van der Waals surface area contributed by atoms with Gasteiger partial charge in [-0.15, -0.1) is 11.3 Å². The summed E-state index contributed by atoms with van der Waals surface area (Å²) in [6, 6.07) is 10.1. The van der Waals surface area contributed by atoms with Gasteiger partial charge in [-0.25, -0.2) is 4.98 Å². The first-order valence-electron chi connectivity index (χ1n) is 6.59. The molecule has 2 aromatic heterocycles. The summed E-state index contributed by atoms with van der Waals surface area (Å²) < 4.78 is 0. The molecule has 0 aliphatic carbocycles. The Morgan fingerprint density at radius 1 is 1.18 bits per heavy atom. The van der Waals surface area contributed by atoms with Crippen LogP contribution in [0.2, 0.25) is 0 Å². The lowest BCUT2D eigenvalue weighted by Gasteiger charge is -2.07. The molecular formula is C15H13N5S2. The van der Waals surface area contributed by atoms with E-state index >= 15 is 0 Å². The van der Waals surface area contributed by atoms with Crippen molar-refractivity contribution in [3.05, 3.63) is 53.8 Å². The highest BCUT2D eigenvalue weighted by Crippen LogP contribution is 2.16. The molecule has 0 aliphatic heterocycles. The molecule has 0 amide bonds. The Kier molecular flexibility index (Phi) is 4.36. The number of nitrogens with zero attached hydrogens (tertiary/aromatic N) is 3. The van der Waals surface area contributed by atoms with E-state index in [4.69, 9.17) is 12.2 Å². The molecule has 2 heterocycles. The number of nitrogens with one attached hydrogen (secondary N) is 2. The van der Waals surface area contributed by atoms with Crippen LogP contribution in [0, 0.1) is 0 Å². The molecule has 5 nitrogen and oxygen atoms in total. The zero-order valence-electron chi connectivity index (χ0n) is 11.8. The number of pyridine rings is 1. The van der Waals surface area contributed by atoms with Crippen LogP contribution in [0.5, 0.6) is 0 Å². The van der Waals surface area contributed by atoms with E-state index in [1.165, 1.54) is 11.3 Å². The van der Waals surface area contributed by atoms with Crippen molar-refractivity contribution in [1.29, 1.82) is 0 Å².